The summed E-state index contributed by atoms with van der Waals surface area (Å²) >= 11 is 1.37. The van der Waals surface area contributed by atoms with Crippen LogP contribution in [0.2, 0.25) is 0 Å². The van der Waals surface area contributed by atoms with Crippen LogP contribution in [0.4, 0.5) is 10.1 Å². The molecule has 0 unspecified atom stereocenters. The summed E-state index contributed by atoms with van der Waals surface area (Å²) in [5.74, 6) is -1.35. The van der Waals surface area contributed by atoms with Crippen molar-refractivity contribution in [3.05, 3.63) is 46.0 Å². The van der Waals surface area contributed by atoms with E-state index in [1.807, 2.05) is 18.6 Å². The van der Waals surface area contributed by atoms with Crippen LogP contribution in [0.15, 0.2) is 34.8 Å². The monoisotopic (exact) mass is 333 g/mol. The maximum Gasteiger partial charge on any atom is 0.253 e. The first-order chi connectivity index (χ1) is 11.0. The molecule has 0 aliphatic carbocycles. The lowest BCUT2D eigenvalue weighted by atomic mass is 10.1. The molecule has 0 spiro atoms. The number of aromatic nitrogens is 1. The average molecular weight is 333 g/mol. The number of aryl methyl sites for hydroxylation is 2. The van der Waals surface area contributed by atoms with Gasteiger partial charge >= 0.3 is 0 Å². The summed E-state index contributed by atoms with van der Waals surface area (Å²) in [6.45, 7) is 1.90. The van der Waals surface area contributed by atoms with Crippen molar-refractivity contribution in [3.63, 3.8) is 0 Å². The molecule has 1 aliphatic heterocycles. The summed E-state index contributed by atoms with van der Waals surface area (Å²) in [4.78, 5) is 30.6. The van der Waals surface area contributed by atoms with Crippen molar-refractivity contribution in [3.8, 4) is 0 Å². The maximum atomic E-state index is 13.7. The number of rotatable bonds is 2. The molecule has 2 amide bonds. The van der Waals surface area contributed by atoms with Gasteiger partial charge in [-0.15, -0.1) is 11.3 Å². The topological polar surface area (TPSA) is 54.7 Å². The second-order valence-electron chi connectivity index (χ2n) is 5.59. The van der Waals surface area contributed by atoms with Crippen molar-refractivity contribution >= 4 is 28.8 Å². The molecule has 0 saturated carbocycles. The molecule has 5 nitrogen and oxygen atoms in total. The smallest absolute Gasteiger partial charge is 0.253 e. The molecule has 3 rings (SSSR count). The predicted octanol–water partition coefficient (Wildman–Crippen LogP) is 2.01. The Labute approximate surface area is 136 Å². The summed E-state index contributed by atoms with van der Waals surface area (Å²) in [6.07, 6.45) is 1.92. The van der Waals surface area contributed by atoms with E-state index in [9.17, 15) is 14.0 Å². The number of hydrogen-bond donors (Lipinski definition) is 0. The summed E-state index contributed by atoms with van der Waals surface area (Å²) in [7, 11) is 1.81. The number of carbonyl (C=O) groups excluding carboxylic acids is 2. The lowest BCUT2D eigenvalue weighted by molar-refractivity contribution is -0.123. The Morgan fingerprint density at radius 3 is 2.87 bits per heavy atom. The Morgan fingerprint density at radius 2 is 2.22 bits per heavy atom. The molecule has 1 saturated heterocycles. The van der Waals surface area contributed by atoms with E-state index in [2.05, 4.69) is 4.99 Å². The van der Waals surface area contributed by atoms with Crippen LogP contribution < -0.4 is 9.70 Å². The summed E-state index contributed by atoms with van der Waals surface area (Å²) in [5, 5.41) is 1.84. The van der Waals surface area contributed by atoms with E-state index in [0.29, 0.717) is 16.1 Å². The van der Waals surface area contributed by atoms with Gasteiger partial charge in [0.15, 0.2) is 4.80 Å². The fourth-order valence-electron chi connectivity index (χ4n) is 2.49. The number of hydrogen-bond acceptors (Lipinski definition) is 3. The van der Waals surface area contributed by atoms with Gasteiger partial charge in [0.25, 0.3) is 5.91 Å². The minimum Gasteiger partial charge on any atom is -0.327 e. The highest BCUT2D eigenvalue weighted by Gasteiger charge is 2.35. The zero-order valence-electron chi connectivity index (χ0n) is 12.8. The lowest BCUT2D eigenvalue weighted by Crippen LogP contribution is -2.26. The van der Waals surface area contributed by atoms with Crippen LogP contribution in [-0.4, -0.2) is 22.9 Å². The molecule has 7 heteroatoms. The van der Waals surface area contributed by atoms with Gasteiger partial charge in [-0.3, -0.25) is 9.59 Å². The number of carbonyl (C=O) groups is 2. The molecular weight excluding hydrogens is 317 g/mol. The zero-order valence-corrected chi connectivity index (χ0v) is 13.6. The van der Waals surface area contributed by atoms with Crippen LogP contribution in [-0.2, 0) is 16.6 Å². The third kappa shape index (κ3) is 3.10. The van der Waals surface area contributed by atoms with Crippen LogP contribution >= 0.6 is 11.3 Å². The predicted molar refractivity (Wildman–Crippen MR) is 85.5 cm³/mol. The third-order valence-electron chi connectivity index (χ3n) is 3.91. The van der Waals surface area contributed by atoms with Gasteiger partial charge < -0.3 is 9.47 Å². The number of nitrogens with zero attached hydrogens (tertiary/aromatic N) is 3. The quantitative estimate of drug-likeness (QED) is 0.844. The molecule has 1 fully saturated rings. The molecule has 0 radical (unpaired) electrons. The van der Waals surface area contributed by atoms with E-state index < -0.39 is 5.92 Å². The number of amides is 2. The summed E-state index contributed by atoms with van der Waals surface area (Å²) in [5.41, 5.74) is 1.00. The van der Waals surface area contributed by atoms with E-state index in [1.54, 1.807) is 23.6 Å². The van der Waals surface area contributed by atoms with Crippen LogP contribution in [0.1, 0.15) is 12.0 Å². The number of thiazole rings is 1. The fourth-order valence-corrected chi connectivity index (χ4v) is 3.23. The highest BCUT2D eigenvalue weighted by Crippen LogP contribution is 2.27. The molecule has 1 aliphatic rings. The molecule has 1 aromatic carbocycles. The second kappa shape index (κ2) is 6.08. The van der Waals surface area contributed by atoms with Gasteiger partial charge in [-0.25, -0.2) is 4.39 Å². The van der Waals surface area contributed by atoms with Gasteiger partial charge in [0.1, 0.15) is 5.82 Å². The molecule has 2 aromatic rings. The van der Waals surface area contributed by atoms with Crippen molar-refractivity contribution in [2.24, 2.45) is 18.0 Å². The first-order valence-corrected chi connectivity index (χ1v) is 8.09. The molecule has 1 aromatic heterocycles. The highest BCUT2D eigenvalue weighted by atomic mass is 32.1. The Bertz CT molecular complexity index is 840. The van der Waals surface area contributed by atoms with Crippen LogP contribution in [0.5, 0.6) is 0 Å². The number of halogens is 1. The molecule has 0 N–H and O–H groups in total. The van der Waals surface area contributed by atoms with Crippen LogP contribution in [0, 0.1) is 18.7 Å². The van der Waals surface area contributed by atoms with Crippen molar-refractivity contribution in [1.29, 1.82) is 0 Å². The van der Waals surface area contributed by atoms with Crippen LogP contribution in [0.25, 0.3) is 0 Å². The Kier molecular flexibility index (Phi) is 4.12. The van der Waals surface area contributed by atoms with Crippen molar-refractivity contribution < 1.29 is 14.0 Å². The third-order valence-corrected chi connectivity index (χ3v) is 4.75. The van der Waals surface area contributed by atoms with E-state index in [0.717, 1.165) is 0 Å². The normalized spacial score (nSPS) is 18.7. The maximum absolute atomic E-state index is 13.7. The van der Waals surface area contributed by atoms with E-state index in [-0.39, 0.29) is 30.6 Å². The summed E-state index contributed by atoms with van der Waals surface area (Å²) in [6, 6.07) is 4.65. The van der Waals surface area contributed by atoms with Gasteiger partial charge in [0.2, 0.25) is 5.91 Å². The second-order valence-corrected chi connectivity index (χ2v) is 6.46. The number of benzene rings is 1. The van der Waals surface area contributed by atoms with Crippen molar-refractivity contribution in [2.45, 2.75) is 13.3 Å². The van der Waals surface area contributed by atoms with E-state index in [1.165, 1.54) is 22.3 Å². The minimum atomic E-state index is -0.492. The average Bonchev–Trinajstić information content (AvgIpc) is 3.09. The first kappa shape index (κ1) is 15.6. The SMILES string of the molecule is Cc1ccc(N2C[C@@H](C(=O)N=c3sccn3C)CC2=O)cc1F. The Morgan fingerprint density at radius 1 is 1.43 bits per heavy atom. The molecule has 1 atom stereocenters. The largest absolute Gasteiger partial charge is 0.327 e. The Hall–Kier alpha value is -2.28. The molecule has 23 heavy (non-hydrogen) atoms. The zero-order chi connectivity index (χ0) is 16.6. The molecule has 0 bridgehead atoms. The lowest BCUT2D eigenvalue weighted by Gasteiger charge is -2.16. The van der Waals surface area contributed by atoms with Gasteiger partial charge in [0.05, 0.1) is 5.92 Å². The van der Waals surface area contributed by atoms with Gasteiger partial charge in [0, 0.05) is 37.3 Å². The van der Waals surface area contributed by atoms with E-state index >= 15 is 0 Å². The minimum absolute atomic E-state index is 0.104. The first-order valence-electron chi connectivity index (χ1n) is 7.21. The van der Waals surface area contributed by atoms with Gasteiger partial charge in [-0.1, -0.05) is 6.07 Å². The number of anilines is 1. The molecular formula is C16H16FN3O2S. The van der Waals surface area contributed by atoms with Crippen molar-refractivity contribution in [1.82, 2.24) is 4.57 Å². The van der Waals surface area contributed by atoms with Gasteiger partial charge in [-0.05, 0) is 24.6 Å². The Balaban J connectivity index is 1.81. The molecule has 2 heterocycles. The van der Waals surface area contributed by atoms with Crippen LogP contribution in [0.3, 0.4) is 0 Å². The molecule has 120 valence electrons. The fraction of sp³-hybridized carbons (Fsp3) is 0.312. The summed E-state index contributed by atoms with van der Waals surface area (Å²) < 4.78 is 15.4. The standard InChI is InChI=1S/C16H16FN3O2S/c1-10-3-4-12(8-13(10)17)20-9-11(7-14(20)21)15(22)18-16-19(2)5-6-23-16/h3-6,8,11H,7,9H2,1-2H3/t11-/m0/s1. The van der Waals surface area contributed by atoms with Gasteiger partial charge in [-0.2, -0.15) is 4.99 Å². The van der Waals surface area contributed by atoms with Crippen molar-refractivity contribution in [2.75, 3.05) is 11.4 Å². The highest BCUT2D eigenvalue weighted by molar-refractivity contribution is 7.07. The van der Waals surface area contributed by atoms with E-state index in [4.69, 9.17) is 0 Å².